The van der Waals surface area contributed by atoms with E-state index in [4.69, 9.17) is 14.2 Å². The zero-order valence-electron chi connectivity index (χ0n) is 13.3. The standard InChI is InChI=1S/C17H27NO3/c1-4-20-12-13(2)21-17(11-18-15-8-9-15)14-6-5-7-16(10-14)19-3/h5-7,10,13,15,17-18H,4,8-9,11-12H2,1-3H3. The van der Waals surface area contributed by atoms with Crippen LogP contribution in [-0.2, 0) is 9.47 Å². The topological polar surface area (TPSA) is 39.7 Å². The van der Waals surface area contributed by atoms with Crippen LogP contribution in [0.15, 0.2) is 24.3 Å². The molecule has 0 heterocycles. The van der Waals surface area contributed by atoms with Crippen molar-refractivity contribution >= 4 is 0 Å². The Bertz CT molecular complexity index is 420. The van der Waals surface area contributed by atoms with Crippen LogP contribution in [0.3, 0.4) is 0 Å². The zero-order chi connectivity index (χ0) is 15.1. The lowest BCUT2D eigenvalue weighted by Gasteiger charge is -2.23. The van der Waals surface area contributed by atoms with Crippen molar-refractivity contribution < 1.29 is 14.2 Å². The van der Waals surface area contributed by atoms with Gasteiger partial charge in [-0.3, -0.25) is 0 Å². The largest absolute Gasteiger partial charge is 0.497 e. The van der Waals surface area contributed by atoms with E-state index >= 15 is 0 Å². The van der Waals surface area contributed by atoms with E-state index in [1.165, 1.54) is 12.8 Å². The molecule has 4 nitrogen and oxygen atoms in total. The second kappa shape index (κ2) is 8.37. The number of hydrogen-bond donors (Lipinski definition) is 1. The fourth-order valence-corrected chi connectivity index (χ4v) is 2.25. The van der Waals surface area contributed by atoms with Crippen LogP contribution in [0.5, 0.6) is 5.75 Å². The van der Waals surface area contributed by atoms with E-state index in [1.54, 1.807) is 7.11 Å². The molecule has 1 N–H and O–H groups in total. The smallest absolute Gasteiger partial charge is 0.119 e. The van der Waals surface area contributed by atoms with Crippen molar-refractivity contribution in [3.63, 3.8) is 0 Å². The summed E-state index contributed by atoms with van der Waals surface area (Å²) < 4.78 is 16.9. The first-order chi connectivity index (χ1) is 10.2. The van der Waals surface area contributed by atoms with Gasteiger partial charge >= 0.3 is 0 Å². The fraction of sp³-hybridized carbons (Fsp3) is 0.647. The molecule has 0 amide bonds. The Kier molecular flexibility index (Phi) is 6.49. The van der Waals surface area contributed by atoms with E-state index in [0.29, 0.717) is 12.6 Å². The number of ether oxygens (including phenoxy) is 3. The molecule has 1 fully saturated rings. The summed E-state index contributed by atoms with van der Waals surface area (Å²) in [4.78, 5) is 0. The molecule has 118 valence electrons. The van der Waals surface area contributed by atoms with Gasteiger partial charge in [0.25, 0.3) is 0 Å². The minimum atomic E-state index is 0.0242. The molecule has 0 saturated heterocycles. The normalized spacial score (nSPS) is 17.5. The Balaban J connectivity index is 1.98. The highest BCUT2D eigenvalue weighted by Gasteiger charge is 2.24. The van der Waals surface area contributed by atoms with Gasteiger partial charge in [0.05, 0.1) is 25.9 Å². The summed E-state index contributed by atoms with van der Waals surface area (Å²) in [6.07, 6.45) is 2.65. The van der Waals surface area contributed by atoms with E-state index < -0.39 is 0 Å². The summed E-state index contributed by atoms with van der Waals surface area (Å²) in [5, 5.41) is 3.55. The second-order valence-corrected chi connectivity index (χ2v) is 5.55. The van der Waals surface area contributed by atoms with Crippen LogP contribution in [0.25, 0.3) is 0 Å². The average Bonchev–Trinajstić information content (AvgIpc) is 3.33. The SMILES string of the molecule is CCOCC(C)OC(CNC1CC1)c1cccc(OC)c1. The molecule has 1 aromatic carbocycles. The predicted octanol–water partition coefficient (Wildman–Crippen LogP) is 2.93. The van der Waals surface area contributed by atoms with E-state index in [2.05, 4.69) is 18.3 Å². The van der Waals surface area contributed by atoms with Crippen LogP contribution < -0.4 is 10.1 Å². The Morgan fingerprint density at radius 3 is 2.81 bits per heavy atom. The Labute approximate surface area is 127 Å². The van der Waals surface area contributed by atoms with Gasteiger partial charge in [0.15, 0.2) is 0 Å². The number of hydrogen-bond acceptors (Lipinski definition) is 4. The maximum atomic E-state index is 6.17. The Morgan fingerprint density at radius 2 is 2.14 bits per heavy atom. The molecule has 1 aromatic rings. The first-order valence-corrected chi connectivity index (χ1v) is 7.83. The van der Waals surface area contributed by atoms with Gasteiger partial charge in [-0.1, -0.05) is 12.1 Å². The second-order valence-electron chi connectivity index (χ2n) is 5.55. The third-order valence-electron chi connectivity index (χ3n) is 3.59. The molecule has 0 spiro atoms. The minimum absolute atomic E-state index is 0.0242. The maximum absolute atomic E-state index is 6.17. The molecule has 2 rings (SSSR count). The lowest BCUT2D eigenvalue weighted by Crippen LogP contribution is -2.29. The number of rotatable bonds is 10. The fourth-order valence-electron chi connectivity index (χ4n) is 2.25. The van der Waals surface area contributed by atoms with Crippen molar-refractivity contribution in [3.8, 4) is 5.75 Å². The third kappa shape index (κ3) is 5.65. The zero-order valence-corrected chi connectivity index (χ0v) is 13.3. The third-order valence-corrected chi connectivity index (χ3v) is 3.59. The summed E-state index contributed by atoms with van der Waals surface area (Å²) in [6.45, 7) is 6.23. The van der Waals surface area contributed by atoms with Gasteiger partial charge in [-0.05, 0) is 44.4 Å². The van der Waals surface area contributed by atoms with Gasteiger partial charge in [0, 0.05) is 19.2 Å². The highest BCUT2D eigenvalue weighted by atomic mass is 16.5. The molecule has 1 saturated carbocycles. The number of methoxy groups -OCH3 is 1. The molecule has 0 radical (unpaired) electrons. The van der Waals surface area contributed by atoms with Crippen molar-refractivity contribution in [2.75, 3.05) is 26.9 Å². The first kappa shape index (κ1) is 16.3. The highest BCUT2D eigenvalue weighted by molar-refractivity contribution is 5.30. The van der Waals surface area contributed by atoms with E-state index in [0.717, 1.165) is 24.5 Å². The molecule has 0 aliphatic heterocycles. The Hall–Kier alpha value is -1.10. The van der Waals surface area contributed by atoms with Crippen LogP contribution in [0.1, 0.15) is 38.4 Å². The number of benzene rings is 1. The first-order valence-electron chi connectivity index (χ1n) is 7.83. The minimum Gasteiger partial charge on any atom is -0.497 e. The summed E-state index contributed by atoms with van der Waals surface area (Å²) in [6, 6.07) is 8.78. The van der Waals surface area contributed by atoms with Crippen molar-refractivity contribution in [1.29, 1.82) is 0 Å². The molecular weight excluding hydrogens is 266 g/mol. The van der Waals surface area contributed by atoms with Gasteiger partial charge in [-0.25, -0.2) is 0 Å². The molecule has 1 aliphatic carbocycles. The lowest BCUT2D eigenvalue weighted by atomic mass is 10.1. The van der Waals surface area contributed by atoms with Gasteiger partial charge < -0.3 is 19.5 Å². The molecule has 2 unspecified atom stereocenters. The van der Waals surface area contributed by atoms with Gasteiger partial charge in [-0.2, -0.15) is 0 Å². The summed E-state index contributed by atoms with van der Waals surface area (Å²) >= 11 is 0. The van der Waals surface area contributed by atoms with Crippen LogP contribution in [0, 0.1) is 0 Å². The quantitative estimate of drug-likeness (QED) is 0.720. The van der Waals surface area contributed by atoms with Crippen LogP contribution >= 0.6 is 0 Å². The summed E-state index contributed by atoms with van der Waals surface area (Å²) in [5.74, 6) is 0.866. The summed E-state index contributed by atoms with van der Waals surface area (Å²) in [7, 11) is 1.69. The van der Waals surface area contributed by atoms with Crippen LogP contribution in [0.2, 0.25) is 0 Å². The molecular formula is C17H27NO3. The number of nitrogens with one attached hydrogen (secondary N) is 1. The maximum Gasteiger partial charge on any atom is 0.119 e. The lowest BCUT2D eigenvalue weighted by molar-refractivity contribution is -0.0471. The van der Waals surface area contributed by atoms with Crippen molar-refractivity contribution in [3.05, 3.63) is 29.8 Å². The van der Waals surface area contributed by atoms with E-state index in [1.807, 2.05) is 25.1 Å². The van der Waals surface area contributed by atoms with Crippen molar-refractivity contribution in [2.24, 2.45) is 0 Å². The highest BCUT2D eigenvalue weighted by Crippen LogP contribution is 2.25. The monoisotopic (exact) mass is 293 g/mol. The summed E-state index contributed by atoms with van der Waals surface area (Å²) in [5.41, 5.74) is 1.14. The Morgan fingerprint density at radius 1 is 1.33 bits per heavy atom. The van der Waals surface area contributed by atoms with Crippen molar-refractivity contribution in [2.45, 2.75) is 44.9 Å². The van der Waals surface area contributed by atoms with E-state index in [-0.39, 0.29) is 12.2 Å². The van der Waals surface area contributed by atoms with Crippen LogP contribution in [0.4, 0.5) is 0 Å². The van der Waals surface area contributed by atoms with Gasteiger partial charge in [-0.15, -0.1) is 0 Å². The molecule has 1 aliphatic rings. The van der Waals surface area contributed by atoms with Crippen LogP contribution in [-0.4, -0.2) is 39.0 Å². The van der Waals surface area contributed by atoms with Gasteiger partial charge in [0.2, 0.25) is 0 Å². The van der Waals surface area contributed by atoms with Crippen molar-refractivity contribution in [1.82, 2.24) is 5.32 Å². The predicted molar refractivity (Wildman–Crippen MR) is 83.8 cm³/mol. The average molecular weight is 293 g/mol. The van der Waals surface area contributed by atoms with E-state index in [9.17, 15) is 0 Å². The molecule has 4 heteroatoms. The molecule has 0 bridgehead atoms. The van der Waals surface area contributed by atoms with Gasteiger partial charge in [0.1, 0.15) is 5.75 Å². The molecule has 21 heavy (non-hydrogen) atoms. The molecule has 2 atom stereocenters. The molecule has 0 aromatic heterocycles.